The van der Waals surface area contributed by atoms with Gasteiger partial charge in [-0.1, -0.05) is 5.16 Å². The number of rotatable bonds is 2. The Balaban J connectivity index is 1.54. The molecule has 3 heterocycles. The molecule has 2 amide bonds. The van der Waals surface area contributed by atoms with Gasteiger partial charge in [0.15, 0.2) is 5.69 Å². The summed E-state index contributed by atoms with van der Waals surface area (Å²) < 4.78 is 5.46. The number of piperazine rings is 1. The van der Waals surface area contributed by atoms with E-state index in [4.69, 9.17) is 4.52 Å². The summed E-state index contributed by atoms with van der Waals surface area (Å²) in [5.41, 5.74) is 1.41. The van der Waals surface area contributed by atoms with Gasteiger partial charge in [-0.2, -0.15) is 0 Å². The van der Waals surface area contributed by atoms with Crippen molar-refractivity contribution in [2.24, 2.45) is 0 Å². The fraction of sp³-hybridized carbons (Fsp3) is 0.750. The van der Waals surface area contributed by atoms with E-state index in [0.717, 1.165) is 69.5 Å². The summed E-state index contributed by atoms with van der Waals surface area (Å²) in [5, 5.41) is 4.14. The van der Waals surface area contributed by atoms with Crippen molar-refractivity contribution in [3.05, 3.63) is 17.0 Å². The molecule has 4 rings (SSSR count). The van der Waals surface area contributed by atoms with Gasteiger partial charge in [0.1, 0.15) is 5.76 Å². The fourth-order valence-corrected chi connectivity index (χ4v) is 4.90. The zero-order chi connectivity index (χ0) is 19.0. The highest BCUT2D eigenvalue weighted by molar-refractivity contribution is 5.94. The molecule has 0 aromatic carbocycles. The first-order valence-electron chi connectivity index (χ1n) is 10.3. The van der Waals surface area contributed by atoms with Crippen LogP contribution in [0.25, 0.3) is 0 Å². The maximum atomic E-state index is 13.2. The summed E-state index contributed by atoms with van der Waals surface area (Å²) in [6, 6.07) is 0. The number of fused-ring (bicyclic) bond motifs is 1. The Morgan fingerprint density at radius 3 is 2.78 bits per heavy atom. The van der Waals surface area contributed by atoms with Gasteiger partial charge in [-0.25, -0.2) is 0 Å². The molecule has 1 atom stereocenters. The second kappa shape index (κ2) is 7.26. The molecule has 0 saturated carbocycles. The summed E-state index contributed by atoms with van der Waals surface area (Å²) in [6.07, 6.45) is 6.24. The van der Waals surface area contributed by atoms with E-state index in [2.05, 4.69) is 17.1 Å². The molecular weight excluding hydrogens is 344 g/mol. The highest BCUT2D eigenvalue weighted by Gasteiger charge is 2.44. The van der Waals surface area contributed by atoms with E-state index in [1.807, 2.05) is 16.7 Å². The van der Waals surface area contributed by atoms with Crippen LogP contribution in [-0.4, -0.2) is 77.0 Å². The molecule has 2 saturated heterocycles. The van der Waals surface area contributed by atoms with Crippen molar-refractivity contribution in [3.63, 3.8) is 0 Å². The normalized spacial score (nSPS) is 27.0. The molecule has 3 aliphatic rings. The van der Waals surface area contributed by atoms with Crippen LogP contribution in [0.1, 0.15) is 60.8 Å². The van der Waals surface area contributed by atoms with Crippen molar-refractivity contribution in [2.45, 2.75) is 57.4 Å². The van der Waals surface area contributed by atoms with Crippen LogP contribution in [-0.2, 0) is 17.6 Å². The van der Waals surface area contributed by atoms with E-state index >= 15 is 0 Å². The third-order valence-corrected chi connectivity index (χ3v) is 6.83. The Hall–Kier alpha value is -1.89. The summed E-state index contributed by atoms with van der Waals surface area (Å²) in [4.78, 5) is 31.8. The van der Waals surface area contributed by atoms with Crippen LogP contribution in [0.4, 0.5) is 0 Å². The Morgan fingerprint density at radius 2 is 1.96 bits per heavy atom. The van der Waals surface area contributed by atoms with Gasteiger partial charge in [0.2, 0.25) is 5.91 Å². The number of amides is 2. The summed E-state index contributed by atoms with van der Waals surface area (Å²) in [6.45, 7) is 5.74. The van der Waals surface area contributed by atoms with E-state index in [0.29, 0.717) is 25.2 Å². The number of hydrogen-bond acceptors (Lipinski definition) is 5. The third-order valence-electron chi connectivity index (χ3n) is 6.83. The minimum atomic E-state index is -0.128. The van der Waals surface area contributed by atoms with Crippen LogP contribution in [0, 0.1) is 0 Å². The number of hydrogen-bond donors (Lipinski definition) is 0. The van der Waals surface area contributed by atoms with Gasteiger partial charge in [0.05, 0.1) is 0 Å². The number of nitrogens with zero attached hydrogens (tertiary/aromatic N) is 4. The summed E-state index contributed by atoms with van der Waals surface area (Å²) in [5.74, 6) is 1.13. The Bertz CT molecular complexity index is 731. The molecule has 0 radical (unpaired) electrons. The van der Waals surface area contributed by atoms with Crippen LogP contribution < -0.4 is 0 Å². The molecule has 1 aromatic rings. The molecule has 2 aliphatic heterocycles. The first-order chi connectivity index (χ1) is 13.0. The molecule has 1 aromatic heterocycles. The van der Waals surface area contributed by atoms with Crippen molar-refractivity contribution < 1.29 is 14.1 Å². The van der Waals surface area contributed by atoms with Crippen molar-refractivity contribution >= 4 is 11.8 Å². The average Bonchev–Trinajstić information content (AvgIpc) is 3.05. The molecule has 148 valence electrons. The lowest BCUT2D eigenvalue weighted by molar-refractivity contribution is -0.130. The molecule has 1 aliphatic carbocycles. The monoisotopic (exact) mass is 374 g/mol. The van der Waals surface area contributed by atoms with Crippen LogP contribution in [0.2, 0.25) is 0 Å². The van der Waals surface area contributed by atoms with Gasteiger partial charge in [-0.3, -0.25) is 14.5 Å². The van der Waals surface area contributed by atoms with Crippen LogP contribution in [0.15, 0.2) is 4.52 Å². The van der Waals surface area contributed by atoms with Crippen molar-refractivity contribution in [1.82, 2.24) is 19.9 Å². The van der Waals surface area contributed by atoms with E-state index in [1.54, 1.807) is 0 Å². The van der Waals surface area contributed by atoms with Crippen molar-refractivity contribution in [3.8, 4) is 0 Å². The van der Waals surface area contributed by atoms with Crippen molar-refractivity contribution in [1.29, 1.82) is 0 Å². The zero-order valence-electron chi connectivity index (χ0n) is 16.5. The predicted molar refractivity (Wildman–Crippen MR) is 101 cm³/mol. The highest BCUT2D eigenvalue weighted by Crippen LogP contribution is 2.33. The van der Waals surface area contributed by atoms with E-state index in [-0.39, 0.29) is 17.4 Å². The lowest BCUT2D eigenvalue weighted by Gasteiger charge is -2.49. The molecular formula is C20H30N4O3. The molecule has 0 unspecified atom stereocenters. The first kappa shape index (κ1) is 18.5. The molecule has 7 nitrogen and oxygen atoms in total. The minimum absolute atomic E-state index is 0.00250. The Kier molecular flexibility index (Phi) is 4.97. The molecule has 1 spiro atoms. The SMILES string of the molecule is CCN1CC[C@]2(CCC1=O)CN(C(=O)c1noc3c1CCCC3)CCN2C. The topological polar surface area (TPSA) is 69.9 Å². The quantitative estimate of drug-likeness (QED) is 0.788. The van der Waals surface area contributed by atoms with E-state index < -0.39 is 0 Å². The zero-order valence-corrected chi connectivity index (χ0v) is 16.5. The number of carbonyl (C=O) groups excluding carboxylic acids is 2. The number of aromatic nitrogens is 1. The number of likely N-dealkylation sites (N-methyl/N-ethyl adjacent to an activating group) is 1. The lowest BCUT2D eigenvalue weighted by Crippen LogP contribution is -2.62. The second-order valence-electron chi connectivity index (χ2n) is 8.24. The maximum absolute atomic E-state index is 13.2. The average molecular weight is 374 g/mol. The highest BCUT2D eigenvalue weighted by atomic mass is 16.5. The standard InChI is InChI=1S/C20H30N4O3/c1-3-23-11-10-20(9-8-17(23)25)14-24(13-12-22(20)2)19(26)18-15-6-4-5-7-16(15)27-21-18/h3-14H2,1-2H3/t20-/m1/s1. The molecule has 27 heavy (non-hydrogen) atoms. The van der Waals surface area contributed by atoms with Crippen LogP contribution in [0.3, 0.4) is 0 Å². The number of aryl methyl sites for hydroxylation is 1. The maximum Gasteiger partial charge on any atom is 0.276 e. The van der Waals surface area contributed by atoms with Crippen LogP contribution in [0.5, 0.6) is 0 Å². The Labute approximate surface area is 160 Å². The number of likely N-dealkylation sites (tertiary alicyclic amines) is 1. The van der Waals surface area contributed by atoms with Gasteiger partial charge in [-0.15, -0.1) is 0 Å². The van der Waals surface area contributed by atoms with Gasteiger partial charge in [0, 0.05) is 56.7 Å². The van der Waals surface area contributed by atoms with Gasteiger partial charge in [0.25, 0.3) is 5.91 Å². The summed E-state index contributed by atoms with van der Waals surface area (Å²) in [7, 11) is 2.13. The largest absolute Gasteiger partial charge is 0.360 e. The summed E-state index contributed by atoms with van der Waals surface area (Å²) >= 11 is 0. The molecule has 0 N–H and O–H groups in total. The molecule has 2 fully saturated rings. The first-order valence-corrected chi connectivity index (χ1v) is 10.3. The smallest absolute Gasteiger partial charge is 0.276 e. The van der Waals surface area contributed by atoms with Gasteiger partial charge >= 0.3 is 0 Å². The lowest BCUT2D eigenvalue weighted by atomic mass is 9.86. The Morgan fingerprint density at radius 1 is 1.15 bits per heavy atom. The minimum Gasteiger partial charge on any atom is -0.360 e. The van der Waals surface area contributed by atoms with E-state index in [9.17, 15) is 9.59 Å². The van der Waals surface area contributed by atoms with E-state index in [1.165, 1.54) is 0 Å². The van der Waals surface area contributed by atoms with Crippen LogP contribution >= 0.6 is 0 Å². The van der Waals surface area contributed by atoms with Gasteiger partial charge in [-0.05, 0) is 46.1 Å². The predicted octanol–water partition coefficient (Wildman–Crippen LogP) is 1.71. The molecule has 7 heteroatoms. The van der Waals surface area contributed by atoms with Gasteiger partial charge < -0.3 is 14.3 Å². The number of carbonyl (C=O) groups is 2. The second-order valence-corrected chi connectivity index (χ2v) is 8.24. The molecule has 0 bridgehead atoms. The van der Waals surface area contributed by atoms with Crippen molar-refractivity contribution in [2.75, 3.05) is 39.8 Å². The fourth-order valence-electron chi connectivity index (χ4n) is 4.90. The third kappa shape index (κ3) is 3.26.